The molecule has 5 nitrogen and oxygen atoms in total. The second-order valence-electron chi connectivity index (χ2n) is 5.14. The molecule has 1 aromatic rings. The van der Waals surface area contributed by atoms with Gasteiger partial charge in [-0.15, -0.1) is 0 Å². The van der Waals surface area contributed by atoms with Crippen LogP contribution in [0.4, 0.5) is 4.79 Å². The first-order chi connectivity index (χ1) is 8.89. The second kappa shape index (κ2) is 6.78. The molecule has 0 aliphatic heterocycles. The molecule has 0 unspecified atom stereocenters. The largest absolute Gasteiger partial charge is 0.412 e. The van der Waals surface area contributed by atoms with Gasteiger partial charge in [0.25, 0.3) is 0 Å². The number of nitrogens with one attached hydrogen (secondary N) is 2. The van der Waals surface area contributed by atoms with E-state index in [0.717, 1.165) is 0 Å². The summed E-state index contributed by atoms with van der Waals surface area (Å²) in [6, 6.07) is 8.80. The number of rotatable bonds is 4. The molecule has 5 heteroatoms. The molecule has 0 saturated heterocycles. The molecule has 0 aliphatic rings. The maximum absolute atomic E-state index is 11.5. The number of hydrogen-bond acceptors (Lipinski definition) is 3. The van der Waals surface area contributed by atoms with Crippen molar-refractivity contribution < 1.29 is 14.3 Å². The molecular formula is C14H20N2O3. The zero-order valence-corrected chi connectivity index (χ0v) is 11.5. The topological polar surface area (TPSA) is 67.4 Å². The number of carbonyl (C=O) groups excluding carboxylic acids is 2. The van der Waals surface area contributed by atoms with Gasteiger partial charge in [-0.3, -0.25) is 4.79 Å². The molecule has 0 fully saturated rings. The van der Waals surface area contributed by atoms with Crippen LogP contribution in [-0.4, -0.2) is 25.1 Å². The minimum absolute atomic E-state index is 0.0503. The van der Waals surface area contributed by atoms with E-state index < -0.39 is 11.5 Å². The molecule has 1 rings (SSSR count). The Hall–Kier alpha value is -2.04. The van der Waals surface area contributed by atoms with E-state index in [-0.39, 0.29) is 5.91 Å². The number of ether oxygens (including phenoxy) is 1. The Morgan fingerprint density at radius 3 is 2.21 bits per heavy atom. The molecule has 19 heavy (non-hydrogen) atoms. The number of carbonyl (C=O) groups is 2. The Bertz CT molecular complexity index is 424. The van der Waals surface area contributed by atoms with Crippen LogP contribution >= 0.6 is 0 Å². The Balaban J connectivity index is 2.20. The van der Waals surface area contributed by atoms with E-state index >= 15 is 0 Å². The van der Waals surface area contributed by atoms with Gasteiger partial charge in [-0.05, 0) is 12.1 Å². The van der Waals surface area contributed by atoms with Crippen molar-refractivity contribution in [1.82, 2.24) is 10.6 Å². The highest BCUT2D eigenvalue weighted by molar-refractivity contribution is 5.81. The van der Waals surface area contributed by atoms with Crippen LogP contribution in [0.15, 0.2) is 30.3 Å². The van der Waals surface area contributed by atoms with Crippen LogP contribution in [0, 0.1) is 5.41 Å². The maximum Gasteiger partial charge on any atom is 0.412 e. The molecule has 1 aromatic carbocycles. The number of para-hydroxylation sites is 1. The van der Waals surface area contributed by atoms with Crippen molar-refractivity contribution in [2.75, 3.05) is 13.1 Å². The van der Waals surface area contributed by atoms with Crippen LogP contribution in [0.5, 0.6) is 5.75 Å². The highest BCUT2D eigenvalue weighted by atomic mass is 16.6. The number of amides is 2. The van der Waals surface area contributed by atoms with Crippen molar-refractivity contribution in [2.45, 2.75) is 20.8 Å². The summed E-state index contributed by atoms with van der Waals surface area (Å²) in [4.78, 5) is 23.0. The third-order valence-electron chi connectivity index (χ3n) is 2.31. The van der Waals surface area contributed by atoms with Gasteiger partial charge >= 0.3 is 6.09 Å². The Morgan fingerprint density at radius 1 is 1.05 bits per heavy atom. The van der Waals surface area contributed by atoms with Gasteiger partial charge in [-0.1, -0.05) is 39.0 Å². The summed E-state index contributed by atoms with van der Waals surface area (Å²) in [5.41, 5.74) is -0.426. The molecule has 0 saturated carbocycles. The Kier molecular flexibility index (Phi) is 5.36. The van der Waals surface area contributed by atoms with Gasteiger partial charge in [0.2, 0.25) is 5.91 Å². The Morgan fingerprint density at radius 2 is 1.63 bits per heavy atom. The van der Waals surface area contributed by atoms with Gasteiger partial charge in [0, 0.05) is 18.5 Å². The third kappa shape index (κ3) is 5.90. The smallest absolute Gasteiger partial charge is 0.410 e. The van der Waals surface area contributed by atoms with Gasteiger partial charge < -0.3 is 15.4 Å². The monoisotopic (exact) mass is 264 g/mol. The van der Waals surface area contributed by atoms with Crippen molar-refractivity contribution in [3.8, 4) is 5.75 Å². The van der Waals surface area contributed by atoms with Gasteiger partial charge in [-0.2, -0.15) is 0 Å². The van der Waals surface area contributed by atoms with E-state index in [1.54, 1.807) is 24.3 Å². The fourth-order valence-electron chi connectivity index (χ4n) is 1.24. The fourth-order valence-corrected chi connectivity index (χ4v) is 1.24. The lowest BCUT2D eigenvalue weighted by Crippen LogP contribution is -2.40. The summed E-state index contributed by atoms with van der Waals surface area (Å²) in [7, 11) is 0. The minimum Gasteiger partial charge on any atom is -0.410 e. The summed E-state index contributed by atoms with van der Waals surface area (Å²) < 4.78 is 5.03. The number of benzene rings is 1. The zero-order chi connectivity index (χ0) is 14.3. The van der Waals surface area contributed by atoms with Crippen LogP contribution in [0.1, 0.15) is 20.8 Å². The predicted molar refractivity (Wildman–Crippen MR) is 72.9 cm³/mol. The highest BCUT2D eigenvalue weighted by Gasteiger charge is 2.20. The van der Waals surface area contributed by atoms with E-state index in [4.69, 9.17) is 4.74 Å². The van der Waals surface area contributed by atoms with Crippen molar-refractivity contribution in [2.24, 2.45) is 5.41 Å². The summed E-state index contributed by atoms with van der Waals surface area (Å²) in [5.74, 6) is 0.435. The summed E-state index contributed by atoms with van der Waals surface area (Å²) in [6.45, 7) is 6.20. The lowest BCUT2D eigenvalue weighted by atomic mass is 9.96. The first-order valence-electron chi connectivity index (χ1n) is 6.18. The highest BCUT2D eigenvalue weighted by Crippen LogP contribution is 2.11. The van der Waals surface area contributed by atoms with Gasteiger partial charge in [0.05, 0.1) is 0 Å². The zero-order valence-electron chi connectivity index (χ0n) is 11.5. The van der Waals surface area contributed by atoms with Crippen LogP contribution in [-0.2, 0) is 4.79 Å². The molecule has 0 aromatic heterocycles. The summed E-state index contributed by atoms with van der Waals surface area (Å²) >= 11 is 0. The quantitative estimate of drug-likeness (QED) is 0.817. The van der Waals surface area contributed by atoms with E-state index in [1.165, 1.54) is 0 Å². The van der Waals surface area contributed by atoms with Crippen molar-refractivity contribution >= 4 is 12.0 Å². The van der Waals surface area contributed by atoms with Crippen LogP contribution in [0.3, 0.4) is 0 Å². The summed E-state index contributed by atoms with van der Waals surface area (Å²) in [5, 5.41) is 5.29. The van der Waals surface area contributed by atoms with Crippen LogP contribution < -0.4 is 15.4 Å². The van der Waals surface area contributed by atoms with Gasteiger partial charge in [0.1, 0.15) is 5.75 Å². The molecule has 0 bridgehead atoms. The number of hydrogen-bond donors (Lipinski definition) is 2. The average Bonchev–Trinajstić information content (AvgIpc) is 2.34. The molecule has 0 atom stereocenters. The molecular weight excluding hydrogens is 244 g/mol. The van der Waals surface area contributed by atoms with Crippen molar-refractivity contribution in [3.05, 3.63) is 30.3 Å². The first-order valence-corrected chi connectivity index (χ1v) is 6.18. The van der Waals surface area contributed by atoms with E-state index in [9.17, 15) is 9.59 Å². The van der Waals surface area contributed by atoms with Gasteiger partial charge in [-0.25, -0.2) is 4.79 Å². The van der Waals surface area contributed by atoms with Crippen LogP contribution in [0.2, 0.25) is 0 Å². The first kappa shape index (κ1) is 15.0. The lowest BCUT2D eigenvalue weighted by molar-refractivity contribution is -0.128. The Labute approximate surface area is 113 Å². The minimum atomic E-state index is -0.531. The van der Waals surface area contributed by atoms with Crippen molar-refractivity contribution in [1.29, 1.82) is 0 Å². The SMILES string of the molecule is CC(C)(C)C(=O)NCCNC(=O)Oc1ccccc1. The molecule has 0 spiro atoms. The predicted octanol–water partition coefficient (Wildman–Crippen LogP) is 1.94. The van der Waals surface area contributed by atoms with E-state index in [0.29, 0.717) is 18.8 Å². The normalized spacial score (nSPS) is 10.7. The fraction of sp³-hybridized carbons (Fsp3) is 0.429. The van der Waals surface area contributed by atoms with Crippen molar-refractivity contribution in [3.63, 3.8) is 0 Å². The standard InChI is InChI=1S/C14H20N2O3/c1-14(2,3)12(17)15-9-10-16-13(18)19-11-7-5-4-6-8-11/h4-8H,9-10H2,1-3H3,(H,15,17)(H,16,18). The molecule has 0 heterocycles. The molecule has 2 N–H and O–H groups in total. The second-order valence-corrected chi connectivity index (χ2v) is 5.14. The molecule has 0 radical (unpaired) electrons. The molecule has 0 aliphatic carbocycles. The molecule has 2 amide bonds. The molecule has 104 valence electrons. The van der Waals surface area contributed by atoms with Crippen LogP contribution in [0.25, 0.3) is 0 Å². The summed E-state index contributed by atoms with van der Waals surface area (Å²) in [6.07, 6.45) is -0.531. The third-order valence-corrected chi connectivity index (χ3v) is 2.31. The average molecular weight is 264 g/mol. The maximum atomic E-state index is 11.5. The van der Waals surface area contributed by atoms with Gasteiger partial charge in [0.15, 0.2) is 0 Å². The lowest BCUT2D eigenvalue weighted by Gasteiger charge is -2.17. The van der Waals surface area contributed by atoms with E-state index in [2.05, 4.69) is 10.6 Å². The van der Waals surface area contributed by atoms with E-state index in [1.807, 2.05) is 26.8 Å².